The van der Waals surface area contributed by atoms with E-state index in [-0.39, 0.29) is 11.5 Å². The third-order valence-corrected chi connectivity index (χ3v) is 6.05. The zero-order valence-electron chi connectivity index (χ0n) is 18.4. The summed E-state index contributed by atoms with van der Waals surface area (Å²) >= 11 is 1.53. The van der Waals surface area contributed by atoms with Crippen molar-refractivity contribution in [1.29, 1.82) is 5.26 Å². The summed E-state index contributed by atoms with van der Waals surface area (Å²) < 4.78 is 1.72. The van der Waals surface area contributed by atoms with Gasteiger partial charge >= 0.3 is 6.09 Å². The smallest absolute Gasteiger partial charge is 0.405 e. The van der Waals surface area contributed by atoms with Crippen LogP contribution in [0.1, 0.15) is 51.9 Å². The lowest BCUT2D eigenvalue weighted by atomic mass is 9.81. The maximum atomic E-state index is 13.6. The number of fused-ring (bicyclic) bond motifs is 1. The van der Waals surface area contributed by atoms with Crippen molar-refractivity contribution in [3.8, 4) is 16.5 Å². The summed E-state index contributed by atoms with van der Waals surface area (Å²) in [5, 5.41) is 24.9. The van der Waals surface area contributed by atoms with Gasteiger partial charge in [-0.15, -0.1) is 11.3 Å². The van der Waals surface area contributed by atoms with Crippen LogP contribution in [0.5, 0.6) is 0 Å². The molecule has 0 aliphatic rings. The molecule has 6 nitrogen and oxygen atoms in total. The Kier molecular flexibility index (Phi) is 6.23. The van der Waals surface area contributed by atoms with Gasteiger partial charge in [0.05, 0.1) is 23.4 Å². The second-order valence-corrected chi connectivity index (χ2v) is 10.1. The molecule has 31 heavy (non-hydrogen) atoms. The quantitative estimate of drug-likeness (QED) is 0.542. The molecule has 0 aliphatic carbocycles. The molecule has 2 N–H and O–H groups in total. The maximum absolute atomic E-state index is 13.6. The van der Waals surface area contributed by atoms with Gasteiger partial charge in [-0.1, -0.05) is 40.7 Å². The fourth-order valence-electron chi connectivity index (χ4n) is 3.88. The molecular weight excluding hydrogens is 410 g/mol. The van der Waals surface area contributed by atoms with Crippen LogP contribution in [-0.4, -0.2) is 15.8 Å². The number of pyridine rings is 1. The molecule has 1 atom stereocenters. The number of rotatable bonds is 5. The number of aromatic nitrogens is 1. The topological polar surface area (TPSA) is 95.1 Å². The summed E-state index contributed by atoms with van der Waals surface area (Å²) in [5.74, 6) is 0.175. The Labute approximate surface area is 185 Å². The number of nitrogens with zero attached hydrogens (tertiary/aromatic N) is 2. The van der Waals surface area contributed by atoms with Crippen LogP contribution in [0.2, 0.25) is 0 Å². The fourth-order valence-corrected chi connectivity index (χ4v) is 4.67. The average Bonchev–Trinajstić information content (AvgIpc) is 3.20. The summed E-state index contributed by atoms with van der Waals surface area (Å²) in [6, 6.07) is 10.5. The standard InChI is InChI=1S/C24H27N3O3S/c1-14(2)13-27-20(21(24(3,4)5)26-23(29)30)19(18-7-6-10-31-18)17-11-15(12-25)8-9-16(17)22(27)28/h6-11,14,21,26H,13H2,1-5H3,(H,29,30). The number of amides is 1. The summed E-state index contributed by atoms with van der Waals surface area (Å²) in [5.41, 5.74) is 1.21. The molecule has 0 saturated carbocycles. The Morgan fingerprint density at radius 3 is 2.48 bits per heavy atom. The second kappa shape index (κ2) is 8.56. The van der Waals surface area contributed by atoms with E-state index in [0.29, 0.717) is 28.6 Å². The highest BCUT2D eigenvalue weighted by Gasteiger charge is 2.34. The zero-order chi connectivity index (χ0) is 22.9. The normalized spacial score (nSPS) is 12.7. The summed E-state index contributed by atoms with van der Waals surface area (Å²) in [4.78, 5) is 26.3. The second-order valence-electron chi connectivity index (χ2n) is 9.17. The molecule has 2 aromatic heterocycles. The van der Waals surface area contributed by atoms with Crippen LogP contribution in [-0.2, 0) is 6.54 Å². The SMILES string of the molecule is CC(C)Cn1c(C(NC(=O)O)C(C)(C)C)c(-c2cccs2)c2cc(C#N)ccc2c1=O. The predicted molar refractivity (Wildman–Crippen MR) is 124 cm³/mol. The zero-order valence-corrected chi connectivity index (χ0v) is 19.2. The van der Waals surface area contributed by atoms with E-state index in [9.17, 15) is 20.0 Å². The van der Waals surface area contributed by atoms with Crippen molar-refractivity contribution in [3.05, 3.63) is 57.3 Å². The van der Waals surface area contributed by atoms with E-state index in [1.807, 2.05) is 52.1 Å². The first-order chi connectivity index (χ1) is 14.5. The summed E-state index contributed by atoms with van der Waals surface area (Å²) in [7, 11) is 0. The Balaban J connectivity index is 2.58. The lowest BCUT2D eigenvalue weighted by Gasteiger charge is -2.35. The number of thiophene rings is 1. The maximum Gasteiger partial charge on any atom is 0.405 e. The molecule has 3 rings (SSSR count). The number of hydrogen-bond donors (Lipinski definition) is 2. The van der Waals surface area contributed by atoms with Crippen molar-refractivity contribution < 1.29 is 9.90 Å². The highest BCUT2D eigenvalue weighted by Crippen LogP contribution is 2.42. The lowest BCUT2D eigenvalue weighted by Crippen LogP contribution is -2.40. The third-order valence-electron chi connectivity index (χ3n) is 5.16. The Morgan fingerprint density at radius 1 is 1.26 bits per heavy atom. The molecule has 1 unspecified atom stereocenters. The molecule has 3 aromatic rings. The van der Waals surface area contributed by atoms with Crippen LogP contribution >= 0.6 is 11.3 Å². The van der Waals surface area contributed by atoms with E-state index >= 15 is 0 Å². The van der Waals surface area contributed by atoms with Crippen LogP contribution in [0.3, 0.4) is 0 Å². The summed E-state index contributed by atoms with van der Waals surface area (Å²) in [6.07, 6.45) is -1.15. The van der Waals surface area contributed by atoms with Gasteiger partial charge in [0.2, 0.25) is 0 Å². The van der Waals surface area contributed by atoms with Gasteiger partial charge in [0.1, 0.15) is 0 Å². The largest absolute Gasteiger partial charge is 0.465 e. The van der Waals surface area contributed by atoms with Gasteiger partial charge in [0.25, 0.3) is 5.56 Å². The highest BCUT2D eigenvalue weighted by molar-refractivity contribution is 7.13. The van der Waals surface area contributed by atoms with Gasteiger partial charge in [-0.2, -0.15) is 5.26 Å². The predicted octanol–water partition coefficient (Wildman–Crippen LogP) is 5.61. The Hall–Kier alpha value is -3.11. The minimum absolute atomic E-state index is 0.175. The number of carbonyl (C=O) groups is 1. The van der Waals surface area contributed by atoms with E-state index in [2.05, 4.69) is 11.4 Å². The number of hydrogen-bond acceptors (Lipinski definition) is 4. The van der Waals surface area contributed by atoms with Gasteiger partial charge in [0, 0.05) is 22.4 Å². The van der Waals surface area contributed by atoms with Crippen LogP contribution in [0.4, 0.5) is 4.79 Å². The number of benzene rings is 1. The van der Waals surface area contributed by atoms with Crippen molar-refractivity contribution in [2.75, 3.05) is 0 Å². The van der Waals surface area contributed by atoms with Crippen molar-refractivity contribution in [2.45, 2.75) is 47.2 Å². The van der Waals surface area contributed by atoms with Crippen molar-refractivity contribution in [1.82, 2.24) is 9.88 Å². The van der Waals surface area contributed by atoms with Crippen molar-refractivity contribution >= 4 is 28.2 Å². The van der Waals surface area contributed by atoms with Crippen molar-refractivity contribution in [3.63, 3.8) is 0 Å². The first-order valence-electron chi connectivity index (χ1n) is 10.2. The van der Waals surface area contributed by atoms with E-state index in [0.717, 1.165) is 10.4 Å². The number of nitriles is 1. The molecule has 1 aromatic carbocycles. The van der Waals surface area contributed by atoms with Gasteiger partial charge in [-0.05, 0) is 46.4 Å². The van der Waals surface area contributed by atoms with Gasteiger partial charge < -0.3 is 15.0 Å². The molecule has 0 saturated heterocycles. The van der Waals surface area contributed by atoms with E-state index in [1.165, 1.54) is 11.3 Å². The minimum atomic E-state index is -1.15. The lowest BCUT2D eigenvalue weighted by molar-refractivity contribution is 0.172. The van der Waals surface area contributed by atoms with E-state index in [4.69, 9.17) is 0 Å². The van der Waals surface area contributed by atoms with Gasteiger partial charge in [-0.3, -0.25) is 4.79 Å². The highest BCUT2D eigenvalue weighted by atomic mass is 32.1. The number of carboxylic acid groups (broad SMARTS) is 1. The first kappa shape index (κ1) is 22.6. The molecule has 0 bridgehead atoms. The van der Waals surface area contributed by atoms with Crippen molar-refractivity contribution in [2.24, 2.45) is 11.3 Å². The van der Waals surface area contributed by atoms with Gasteiger partial charge in [0.15, 0.2) is 0 Å². The first-order valence-corrected chi connectivity index (χ1v) is 11.1. The van der Waals surface area contributed by atoms with Crippen LogP contribution < -0.4 is 10.9 Å². The van der Waals surface area contributed by atoms with Crippen LogP contribution in [0.25, 0.3) is 21.2 Å². The summed E-state index contributed by atoms with van der Waals surface area (Å²) in [6.45, 7) is 10.4. The molecule has 0 aliphatic heterocycles. The third kappa shape index (κ3) is 4.49. The molecule has 7 heteroatoms. The van der Waals surface area contributed by atoms with Crippen LogP contribution in [0.15, 0.2) is 40.5 Å². The van der Waals surface area contributed by atoms with E-state index < -0.39 is 17.6 Å². The van der Waals surface area contributed by atoms with Crippen LogP contribution in [0, 0.1) is 22.7 Å². The molecule has 1 amide bonds. The van der Waals surface area contributed by atoms with E-state index in [1.54, 1.807) is 22.8 Å². The monoisotopic (exact) mass is 437 g/mol. The molecule has 162 valence electrons. The minimum Gasteiger partial charge on any atom is -0.465 e. The Morgan fingerprint density at radius 2 is 1.97 bits per heavy atom. The molecule has 2 heterocycles. The average molecular weight is 438 g/mol. The molecule has 0 fully saturated rings. The molecule has 0 spiro atoms. The fraction of sp³-hybridized carbons (Fsp3) is 0.375. The number of nitrogens with one attached hydrogen (secondary N) is 1. The Bertz CT molecular complexity index is 1210. The van der Waals surface area contributed by atoms with Gasteiger partial charge in [-0.25, -0.2) is 4.79 Å². The molecule has 0 radical (unpaired) electrons. The molecular formula is C24H27N3O3S.